The van der Waals surface area contributed by atoms with E-state index in [1.807, 2.05) is 13.8 Å². The molecule has 4 fully saturated rings. The van der Waals surface area contributed by atoms with Crippen LogP contribution in [0.1, 0.15) is 93.4 Å². The van der Waals surface area contributed by atoms with Crippen LogP contribution in [-0.4, -0.2) is 97.3 Å². The molecule has 1 saturated heterocycles. The lowest BCUT2D eigenvalue weighted by Crippen LogP contribution is -2.57. The van der Waals surface area contributed by atoms with E-state index in [1.165, 1.54) is 0 Å². The SMILES string of the molecule is C[C@H](CC(=O)CC(C)(C)O)[C@H]1C(=O)[C@H](O)[C@@]2(C)[C@@H]3CC[C@@H]4[C@H](CC[C@H](O[C@@H]5OC[C@H](O)[C@H](O)[C@H]5O)C4(C)C)[C@@H](O)C3=CC[C@]12C. The Bertz CT molecular complexity index is 1180. The number of aliphatic hydroxyl groups is 6. The first-order chi connectivity index (χ1) is 20.8. The van der Waals surface area contributed by atoms with Gasteiger partial charge in [0.15, 0.2) is 12.1 Å². The maximum atomic E-state index is 13.9. The van der Waals surface area contributed by atoms with Gasteiger partial charge in [0.1, 0.15) is 30.2 Å². The van der Waals surface area contributed by atoms with Gasteiger partial charge in [-0.3, -0.25) is 9.59 Å². The molecular formula is C35H56O10. The number of fused-ring (bicyclic) bond motifs is 4. The normalized spacial score (nSPS) is 47.2. The molecule has 5 aliphatic rings. The van der Waals surface area contributed by atoms with Gasteiger partial charge >= 0.3 is 0 Å². The summed E-state index contributed by atoms with van der Waals surface area (Å²) in [6.07, 6.45) is -1.81. The lowest BCUT2D eigenvalue weighted by atomic mass is 9.50. The van der Waals surface area contributed by atoms with Crippen LogP contribution in [0, 0.1) is 45.8 Å². The molecule has 10 heteroatoms. The molecule has 0 aromatic rings. The topological polar surface area (TPSA) is 174 Å². The number of allylic oxidation sites excluding steroid dienone is 1. The second-order valence-electron chi connectivity index (χ2n) is 16.7. The molecule has 4 aliphatic carbocycles. The monoisotopic (exact) mass is 636 g/mol. The van der Waals surface area contributed by atoms with Crippen LogP contribution >= 0.6 is 0 Å². The third kappa shape index (κ3) is 5.69. The van der Waals surface area contributed by atoms with E-state index in [-0.39, 0.29) is 60.8 Å². The molecule has 0 aromatic carbocycles. The highest BCUT2D eigenvalue weighted by atomic mass is 16.7. The predicted octanol–water partition coefficient (Wildman–Crippen LogP) is 2.29. The smallest absolute Gasteiger partial charge is 0.186 e. The third-order valence-electron chi connectivity index (χ3n) is 13.0. The van der Waals surface area contributed by atoms with Crippen molar-refractivity contribution in [3.05, 3.63) is 11.6 Å². The molecule has 14 atom stereocenters. The van der Waals surface area contributed by atoms with Gasteiger partial charge in [0.25, 0.3) is 0 Å². The minimum Gasteiger partial charge on any atom is -0.390 e. The van der Waals surface area contributed by atoms with Crippen LogP contribution < -0.4 is 0 Å². The summed E-state index contributed by atoms with van der Waals surface area (Å²) in [5, 5.41) is 64.5. The van der Waals surface area contributed by atoms with E-state index in [2.05, 4.69) is 26.8 Å². The van der Waals surface area contributed by atoms with Gasteiger partial charge in [0.2, 0.25) is 0 Å². The zero-order chi connectivity index (χ0) is 33.4. The first-order valence-corrected chi connectivity index (χ1v) is 16.9. The Morgan fingerprint density at radius 1 is 1.04 bits per heavy atom. The summed E-state index contributed by atoms with van der Waals surface area (Å²) in [5.41, 5.74) is -2.12. The number of hydrogen-bond acceptors (Lipinski definition) is 10. The molecule has 0 aromatic heterocycles. The molecule has 6 N–H and O–H groups in total. The van der Waals surface area contributed by atoms with Gasteiger partial charge in [-0.2, -0.15) is 0 Å². The van der Waals surface area contributed by atoms with Crippen molar-refractivity contribution in [2.45, 2.75) is 142 Å². The largest absolute Gasteiger partial charge is 0.390 e. The van der Waals surface area contributed by atoms with E-state index in [9.17, 15) is 40.2 Å². The average Bonchev–Trinajstić information content (AvgIpc) is 3.01. The predicted molar refractivity (Wildman–Crippen MR) is 164 cm³/mol. The van der Waals surface area contributed by atoms with Crippen molar-refractivity contribution >= 4 is 11.6 Å². The first kappa shape index (κ1) is 35.1. The molecule has 1 aliphatic heterocycles. The summed E-state index contributed by atoms with van der Waals surface area (Å²) in [6.45, 7) is 13.2. The Hall–Kier alpha value is -1.24. The van der Waals surface area contributed by atoms with Crippen LogP contribution in [0.4, 0.5) is 0 Å². The highest BCUT2D eigenvalue weighted by Gasteiger charge is 2.70. The minimum absolute atomic E-state index is 0.00525. The maximum Gasteiger partial charge on any atom is 0.186 e. The molecule has 5 rings (SSSR count). The summed E-state index contributed by atoms with van der Waals surface area (Å²) in [5.74, 6) is -1.43. The summed E-state index contributed by atoms with van der Waals surface area (Å²) < 4.78 is 11.9. The van der Waals surface area contributed by atoms with E-state index in [1.54, 1.807) is 13.8 Å². The van der Waals surface area contributed by atoms with Crippen molar-refractivity contribution < 1.29 is 49.7 Å². The van der Waals surface area contributed by atoms with Crippen molar-refractivity contribution in [2.24, 2.45) is 45.8 Å². The Morgan fingerprint density at radius 3 is 2.36 bits per heavy atom. The number of carbonyl (C=O) groups excluding carboxylic acids is 2. The fourth-order valence-corrected chi connectivity index (χ4v) is 10.5. The molecule has 45 heavy (non-hydrogen) atoms. The lowest BCUT2D eigenvalue weighted by Gasteiger charge is -2.54. The van der Waals surface area contributed by atoms with Crippen LogP contribution in [0.5, 0.6) is 0 Å². The van der Waals surface area contributed by atoms with Crippen LogP contribution in [-0.2, 0) is 19.1 Å². The third-order valence-corrected chi connectivity index (χ3v) is 13.0. The maximum absolute atomic E-state index is 13.9. The molecule has 0 radical (unpaired) electrons. The van der Waals surface area contributed by atoms with Crippen LogP contribution in [0.3, 0.4) is 0 Å². The van der Waals surface area contributed by atoms with Crippen molar-refractivity contribution in [1.29, 1.82) is 0 Å². The Morgan fingerprint density at radius 2 is 1.71 bits per heavy atom. The minimum atomic E-state index is -1.38. The molecule has 256 valence electrons. The number of hydrogen-bond donors (Lipinski definition) is 6. The number of carbonyl (C=O) groups is 2. The van der Waals surface area contributed by atoms with E-state index < -0.39 is 64.6 Å². The summed E-state index contributed by atoms with van der Waals surface area (Å²) in [4.78, 5) is 26.8. The fraction of sp³-hybridized carbons (Fsp3) is 0.886. The van der Waals surface area contributed by atoms with Gasteiger partial charge in [-0.25, -0.2) is 0 Å². The molecule has 0 unspecified atom stereocenters. The van der Waals surface area contributed by atoms with Crippen molar-refractivity contribution in [3.8, 4) is 0 Å². The quantitative estimate of drug-likeness (QED) is 0.228. The van der Waals surface area contributed by atoms with Crippen molar-refractivity contribution in [3.63, 3.8) is 0 Å². The molecule has 3 saturated carbocycles. The molecule has 1 heterocycles. The van der Waals surface area contributed by atoms with Crippen LogP contribution in [0.15, 0.2) is 11.6 Å². The molecular weight excluding hydrogens is 580 g/mol. The zero-order valence-electron chi connectivity index (χ0n) is 28.0. The number of ketones is 2. The Labute approximate surface area is 267 Å². The number of ether oxygens (including phenoxy) is 2. The molecule has 0 amide bonds. The van der Waals surface area contributed by atoms with Gasteiger partial charge in [-0.05, 0) is 86.0 Å². The van der Waals surface area contributed by atoms with Gasteiger partial charge in [-0.1, -0.05) is 40.7 Å². The van der Waals surface area contributed by atoms with E-state index >= 15 is 0 Å². The van der Waals surface area contributed by atoms with E-state index in [4.69, 9.17) is 9.47 Å². The van der Waals surface area contributed by atoms with Crippen LogP contribution in [0.25, 0.3) is 0 Å². The molecule has 0 bridgehead atoms. The zero-order valence-corrected chi connectivity index (χ0v) is 28.0. The molecule has 10 nitrogen and oxygen atoms in total. The highest BCUT2D eigenvalue weighted by molar-refractivity contribution is 5.91. The van der Waals surface area contributed by atoms with Crippen molar-refractivity contribution in [1.82, 2.24) is 0 Å². The standard InChI is InChI=1S/C35H56O10/c1-17(14-18(36)15-32(2,3)43)25-28(40)30(42)35(7)22-10-9-21-19(26(38)20(22)12-13-34(25,35)6)8-11-24(33(21,4)5)45-31-29(41)27(39)23(37)16-44-31/h12,17,19,21-27,29-31,37-39,41-43H,8-11,13-16H2,1-7H3/t17-,19+,21-,22-,23+,24+,25+,26-,27+,29-,30+,31+,34-,35-/m1/s1. The van der Waals surface area contributed by atoms with Crippen LogP contribution in [0.2, 0.25) is 0 Å². The van der Waals surface area contributed by atoms with E-state index in [0.29, 0.717) is 25.7 Å². The summed E-state index contributed by atoms with van der Waals surface area (Å²) in [7, 11) is 0. The van der Waals surface area contributed by atoms with Gasteiger partial charge < -0.3 is 40.1 Å². The van der Waals surface area contributed by atoms with Gasteiger partial charge in [0, 0.05) is 24.2 Å². The average molecular weight is 637 g/mol. The van der Waals surface area contributed by atoms with Gasteiger partial charge in [0.05, 0.1) is 24.4 Å². The number of rotatable bonds is 7. The number of Topliss-reactive ketones (excluding diaryl/α,β-unsaturated/α-hetero) is 2. The van der Waals surface area contributed by atoms with Gasteiger partial charge in [-0.15, -0.1) is 0 Å². The highest BCUT2D eigenvalue weighted by Crippen LogP contribution is 2.68. The second kappa shape index (κ2) is 12.0. The summed E-state index contributed by atoms with van der Waals surface area (Å²) >= 11 is 0. The Kier molecular flexibility index (Phi) is 9.37. The first-order valence-electron chi connectivity index (χ1n) is 16.9. The summed E-state index contributed by atoms with van der Waals surface area (Å²) in [6, 6.07) is 0. The number of aliphatic hydroxyl groups excluding tert-OH is 5. The fourth-order valence-electron chi connectivity index (χ4n) is 10.5. The molecule has 0 spiro atoms. The van der Waals surface area contributed by atoms with Crippen molar-refractivity contribution in [2.75, 3.05) is 6.61 Å². The second-order valence-corrected chi connectivity index (χ2v) is 16.7. The van der Waals surface area contributed by atoms with E-state index in [0.717, 1.165) is 12.0 Å². The Balaban J connectivity index is 1.39. The lowest BCUT2D eigenvalue weighted by molar-refractivity contribution is -0.300.